The maximum Gasteiger partial charge on any atom is 0.342 e. The van der Waals surface area contributed by atoms with Crippen LogP contribution in [-0.4, -0.2) is 0 Å². The molecule has 3 aromatic rings. The second-order valence-electron chi connectivity index (χ2n) is 4.20. The lowest BCUT2D eigenvalue weighted by Gasteiger charge is -2.05. The van der Waals surface area contributed by atoms with Crippen LogP contribution in [0.5, 0.6) is 5.75 Å². The molecule has 0 bridgehead atoms. The molecule has 3 nitrogen and oxygen atoms in total. The zero-order valence-corrected chi connectivity index (χ0v) is 10.2. The maximum atomic E-state index is 11.8. The van der Waals surface area contributed by atoms with Gasteiger partial charge >= 0.3 is 5.63 Å². The minimum atomic E-state index is -0.352. The van der Waals surface area contributed by atoms with Crippen molar-refractivity contribution in [3.05, 3.63) is 76.6 Å². The molecule has 1 aromatic heterocycles. The van der Waals surface area contributed by atoms with Gasteiger partial charge in [-0.15, -0.1) is 0 Å². The lowest BCUT2D eigenvalue weighted by molar-refractivity contribution is 0.300. The van der Waals surface area contributed by atoms with Crippen molar-refractivity contribution in [1.82, 2.24) is 0 Å². The van der Waals surface area contributed by atoms with Crippen LogP contribution in [0.3, 0.4) is 0 Å². The summed E-state index contributed by atoms with van der Waals surface area (Å²) in [6.07, 6.45) is 0. The van der Waals surface area contributed by atoms with Crippen molar-refractivity contribution < 1.29 is 9.15 Å². The van der Waals surface area contributed by atoms with Gasteiger partial charge in [0.25, 0.3) is 0 Å². The van der Waals surface area contributed by atoms with Gasteiger partial charge in [0.2, 0.25) is 0 Å². The molecule has 0 radical (unpaired) electrons. The van der Waals surface area contributed by atoms with Crippen molar-refractivity contribution in [3.8, 4) is 5.75 Å². The number of hydrogen-bond acceptors (Lipinski definition) is 3. The van der Waals surface area contributed by atoms with Crippen LogP contribution in [-0.2, 0) is 6.61 Å². The molecule has 0 aliphatic rings. The van der Waals surface area contributed by atoms with Gasteiger partial charge in [-0.3, -0.25) is 0 Å². The SMILES string of the molecule is O=c1oc2ccccc2cc1COc1ccccc1. The molecule has 0 saturated heterocycles. The van der Waals surface area contributed by atoms with Gasteiger partial charge in [0.15, 0.2) is 0 Å². The summed E-state index contributed by atoms with van der Waals surface area (Å²) in [5.74, 6) is 0.732. The summed E-state index contributed by atoms with van der Waals surface area (Å²) >= 11 is 0. The molecule has 19 heavy (non-hydrogen) atoms. The first-order chi connectivity index (χ1) is 9.33. The Morgan fingerprint density at radius 1 is 0.947 bits per heavy atom. The molecule has 0 atom stereocenters. The summed E-state index contributed by atoms with van der Waals surface area (Å²) in [7, 11) is 0. The van der Waals surface area contributed by atoms with E-state index in [1.54, 1.807) is 6.07 Å². The average molecular weight is 252 g/mol. The molecule has 0 aliphatic carbocycles. The molecule has 0 spiro atoms. The van der Waals surface area contributed by atoms with E-state index in [0.717, 1.165) is 11.1 Å². The molecule has 2 aromatic carbocycles. The first kappa shape index (κ1) is 11.5. The Hall–Kier alpha value is -2.55. The van der Waals surface area contributed by atoms with Gasteiger partial charge < -0.3 is 9.15 Å². The van der Waals surface area contributed by atoms with Crippen molar-refractivity contribution in [2.75, 3.05) is 0 Å². The lowest BCUT2D eigenvalue weighted by Crippen LogP contribution is -2.10. The zero-order chi connectivity index (χ0) is 13.1. The quantitative estimate of drug-likeness (QED) is 0.671. The number of fused-ring (bicyclic) bond motifs is 1. The van der Waals surface area contributed by atoms with Crippen molar-refractivity contribution in [1.29, 1.82) is 0 Å². The molecule has 0 N–H and O–H groups in total. The van der Waals surface area contributed by atoms with Crippen LogP contribution in [0, 0.1) is 0 Å². The van der Waals surface area contributed by atoms with Crippen molar-refractivity contribution in [2.24, 2.45) is 0 Å². The summed E-state index contributed by atoms with van der Waals surface area (Å²) in [5.41, 5.74) is 0.758. The normalized spacial score (nSPS) is 10.5. The molecule has 1 heterocycles. The third-order valence-corrected chi connectivity index (χ3v) is 2.85. The van der Waals surface area contributed by atoms with Gasteiger partial charge in [-0.2, -0.15) is 0 Å². The number of hydrogen-bond donors (Lipinski definition) is 0. The number of para-hydroxylation sites is 2. The van der Waals surface area contributed by atoms with Crippen molar-refractivity contribution in [3.63, 3.8) is 0 Å². The highest BCUT2D eigenvalue weighted by molar-refractivity contribution is 5.76. The second-order valence-corrected chi connectivity index (χ2v) is 4.20. The molecule has 0 aliphatic heterocycles. The van der Waals surface area contributed by atoms with E-state index >= 15 is 0 Å². The molecule has 0 unspecified atom stereocenters. The fourth-order valence-corrected chi connectivity index (χ4v) is 1.88. The van der Waals surface area contributed by atoms with E-state index in [2.05, 4.69) is 0 Å². The van der Waals surface area contributed by atoms with Crippen LogP contribution >= 0.6 is 0 Å². The van der Waals surface area contributed by atoms with Crippen LogP contribution in [0.4, 0.5) is 0 Å². The van der Waals surface area contributed by atoms with E-state index in [1.807, 2.05) is 54.6 Å². The molecule has 0 amide bonds. The minimum Gasteiger partial charge on any atom is -0.489 e. The van der Waals surface area contributed by atoms with Gasteiger partial charge in [0.05, 0.1) is 5.56 Å². The van der Waals surface area contributed by atoms with Crippen LogP contribution < -0.4 is 10.4 Å². The van der Waals surface area contributed by atoms with Crippen molar-refractivity contribution in [2.45, 2.75) is 6.61 Å². The molecular weight excluding hydrogens is 240 g/mol. The average Bonchev–Trinajstić information content (AvgIpc) is 2.46. The highest BCUT2D eigenvalue weighted by Crippen LogP contribution is 2.14. The highest BCUT2D eigenvalue weighted by Gasteiger charge is 2.05. The smallest absolute Gasteiger partial charge is 0.342 e. The van der Waals surface area contributed by atoms with Gasteiger partial charge in [0, 0.05) is 5.39 Å². The van der Waals surface area contributed by atoms with Crippen LogP contribution in [0.15, 0.2) is 69.9 Å². The molecule has 3 rings (SSSR count). The number of benzene rings is 2. The number of rotatable bonds is 3. The maximum absolute atomic E-state index is 11.8. The van der Waals surface area contributed by atoms with Crippen LogP contribution in [0.1, 0.15) is 5.56 Å². The van der Waals surface area contributed by atoms with E-state index in [1.165, 1.54) is 0 Å². The largest absolute Gasteiger partial charge is 0.489 e. The Morgan fingerprint density at radius 3 is 2.53 bits per heavy atom. The molecular formula is C16H12O3. The predicted octanol–water partition coefficient (Wildman–Crippen LogP) is 3.37. The van der Waals surface area contributed by atoms with Gasteiger partial charge in [0.1, 0.15) is 17.9 Å². The van der Waals surface area contributed by atoms with E-state index in [4.69, 9.17) is 9.15 Å². The van der Waals surface area contributed by atoms with Crippen LogP contribution in [0.2, 0.25) is 0 Å². The van der Waals surface area contributed by atoms with E-state index in [-0.39, 0.29) is 12.2 Å². The number of ether oxygens (including phenoxy) is 1. The fourth-order valence-electron chi connectivity index (χ4n) is 1.88. The monoisotopic (exact) mass is 252 g/mol. The minimum absolute atomic E-state index is 0.206. The Kier molecular flexibility index (Phi) is 3.02. The Balaban J connectivity index is 1.89. The zero-order valence-electron chi connectivity index (χ0n) is 10.2. The Labute approximate surface area is 110 Å². The first-order valence-electron chi connectivity index (χ1n) is 6.02. The molecule has 94 valence electrons. The Morgan fingerprint density at radius 2 is 1.68 bits per heavy atom. The molecule has 0 fully saturated rings. The molecule has 0 saturated carbocycles. The first-order valence-corrected chi connectivity index (χ1v) is 6.02. The summed E-state index contributed by atoms with van der Waals surface area (Å²) in [4.78, 5) is 11.8. The van der Waals surface area contributed by atoms with E-state index < -0.39 is 0 Å². The summed E-state index contributed by atoms with van der Waals surface area (Å²) in [6, 6.07) is 18.6. The lowest BCUT2D eigenvalue weighted by atomic mass is 10.2. The van der Waals surface area contributed by atoms with Gasteiger partial charge in [-0.1, -0.05) is 36.4 Å². The fraction of sp³-hybridized carbons (Fsp3) is 0.0625. The third kappa shape index (κ3) is 2.50. The third-order valence-electron chi connectivity index (χ3n) is 2.85. The Bertz CT molecular complexity index is 745. The standard InChI is InChI=1S/C16H12O3/c17-16-13(11-18-14-7-2-1-3-8-14)10-12-6-4-5-9-15(12)19-16/h1-10H,11H2. The van der Waals surface area contributed by atoms with E-state index in [9.17, 15) is 4.79 Å². The molecule has 3 heteroatoms. The second kappa shape index (κ2) is 4.98. The van der Waals surface area contributed by atoms with Gasteiger partial charge in [-0.25, -0.2) is 4.79 Å². The van der Waals surface area contributed by atoms with Gasteiger partial charge in [-0.05, 0) is 24.3 Å². The predicted molar refractivity (Wildman–Crippen MR) is 73.3 cm³/mol. The summed E-state index contributed by atoms with van der Waals surface area (Å²) < 4.78 is 10.8. The van der Waals surface area contributed by atoms with E-state index in [0.29, 0.717) is 11.1 Å². The topological polar surface area (TPSA) is 39.4 Å². The summed E-state index contributed by atoms with van der Waals surface area (Å²) in [5, 5.41) is 0.897. The summed E-state index contributed by atoms with van der Waals surface area (Å²) in [6.45, 7) is 0.206. The highest BCUT2D eigenvalue weighted by atomic mass is 16.5. The van der Waals surface area contributed by atoms with Crippen molar-refractivity contribution >= 4 is 11.0 Å². The van der Waals surface area contributed by atoms with Crippen LogP contribution in [0.25, 0.3) is 11.0 Å².